The molecule has 0 bridgehead atoms. The first-order chi connectivity index (χ1) is 22.7. The van der Waals surface area contributed by atoms with Crippen molar-refractivity contribution in [1.29, 1.82) is 0 Å². The van der Waals surface area contributed by atoms with E-state index in [4.69, 9.17) is 0 Å². The van der Waals surface area contributed by atoms with Crippen molar-refractivity contribution >= 4 is 48.7 Å². The highest BCUT2D eigenvalue weighted by molar-refractivity contribution is 9.28. The SMILES string of the molecule is BrC(Br)=Cc1c(C#Cc2ccc3ccccc3c2)c(-c2ccccc2)c(-c2ccccc2)c(-c2ccccc2)c1-c1ccccc1. The fourth-order valence-electron chi connectivity index (χ4n) is 6.14. The molecule has 0 saturated heterocycles. The van der Waals surface area contributed by atoms with E-state index in [0.717, 1.165) is 59.0 Å². The van der Waals surface area contributed by atoms with E-state index in [1.54, 1.807) is 0 Å². The van der Waals surface area contributed by atoms with Gasteiger partial charge >= 0.3 is 0 Å². The van der Waals surface area contributed by atoms with Gasteiger partial charge in [0.05, 0.1) is 3.39 Å². The van der Waals surface area contributed by atoms with Gasteiger partial charge in [-0.1, -0.05) is 164 Å². The first-order valence-electron chi connectivity index (χ1n) is 15.2. The van der Waals surface area contributed by atoms with E-state index in [9.17, 15) is 0 Å². The summed E-state index contributed by atoms with van der Waals surface area (Å²) in [5, 5.41) is 2.38. The Bertz CT molecular complexity index is 2240. The summed E-state index contributed by atoms with van der Waals surface area (Å²) in [5.74, 6) is 7.31. The molecule has 0 aliphatic heterocycles. The summed E-state index contributed by atoms with van der Waals surface area (Å²) >= 11 is 7.46. The molecule has 0 N–H and O–H groups in total. The highest BCUT2D eigenvalue weighted by Crippen LogP contribution is 2.50. The zero-order valence-corrected chi connectivity index (χ0v) is 28.1. The number of hydrogen-bond acceptors (Lipinski definition) is 0. The van der Waals surface area contributed by atoms with Crippen molar-refractivity contribution in [3.8, 4) is 56.3 Å². The van der Waals surface area contributed by atoms with E-state index in [1.165, 1.54) is 16.3 Å². The number of benzene rings is 7. The third-order valence-electron chi connectivity index (χ3n) is 8.12. The van der Waals surface area contributed by atoms with Crippen LogP contribution in [-0.4, -0.2) is 0 Å². The summed E-state index contributed by atoms with van der Waals surface area (Å²) in [6.45, 7) is 0. The second-order valence-corrected chi connectivity index (χ2v) is 13.8. The van der Waals surface area contributed by atoms with Gasteiger partial charge in [0.25, 0.3) is 0 Å². The van der Waals surface area contributed by atoms with E-state index in [1.807, 2.05) is 0 Å². The maximum Gasteiger partial charge on any atom is 0.0610 e. The third kappa shape index (κ3) is 6.13. The van der Waals surface area contributed by atoms with E-state index >= 15 is 0 Å². The molecule has 7 rings (SSSR count). The maximum absolute atomic E-state index is 3.73. The molecule has 0 spiro atoms. The van der Waals surface area contributed by atoms with Crippen LogP contribution in [0.25, 0.3) is 61.4 Å². The lowest BCUT2D eigenvalue weighted by molar-refractivity contribution is 1.50. The van der Waals surface area contributed by atoms with Gasteiger partial charge < -0.3 is 0 Å². The van der Waals surface area contributed by atoms with Gasteiger partial charge in [-0.3, -0.25) is 0 Å². The molecule has 218 valence electrons. The molecule has 2 heteroatoms. The maximum atomic E-state index is 3.73. The van der Waals surface area contributed by atoms with Crippen molar-refractivity contribution in [2.45, 2.75) is 0 Å². The standard InChI is InChI=1S/C44H28Br2/c45-40(46)30-39-38(28-26-31-25-27-32-15-13-14-24-37(32)29-31)41(33-16-5-1-6-17-33)43(35-20-9-3-10-21-35)44(36-22-11-4-12-23-36)42(39)34-18-7-2-8-19-34/h1-25,27,29-30H. The van der Waals surface area contributed by atoms with Crippen LogP contribution >= 0.6 is 31.9 Å². The number of fused-ring (bicyclic) bond motifs is 1. The molecule has 7 aromatic carbocycles. The van der Waals surface area contributed by atoms with Crippen LogP contribution in [-0.2, 0) is 0 Å². The average molecular weight is 717 g/mol. The van der Waals surface area contributed by atoms with Gasteiger partial charge in [0.15, 0.2) is 0 Å². The Kier molecular flexibility index (Phi) is 8.79. The van der Waals surface area contributed by atoms with Gasteiger partial charge in [0.2, 0.25) is 0 Å². The van der Waals surface area contributed by atoms with E-state index in [-0.39, 0.29) is 0 Å². The Morgan fingerprint density at radius 2 is 0.848 bits per heavy atom. The van der Waals surface area contributed by atoms with Crippen LogP contribution in [0, 0.1) is 11.8 Å². The summed E-state index contributed by atoms with van der Waals surface area (Å²) in [5.41, 5.74) is 12.1. The monoisotopic (exact) mass is 714 g/mol. The molecular formula is C44H28Br2. The quantitative estimate of drug-likeness (QED) is 0.156. The van der Waals surface area contributed by atoms with Crippen molar-refractivity contribution in [3.05, 3.63) is 184 Å². The lowest BCUT2D eigenvalue weighted by Crippen LogP contribution is -2.02. The molecule has 0 aliphatic carbocycles. The lowest BCUT2D eigenvalue weighted by Gasteiger charge is -2.25. The van der Waals surface area contributed by atoms with Crippen LogP contribution in [0.4, 0.5) is 0 Å². The van der Waals surface area contributed by atoms with Gasteiger partial charge in [-0.15, -0.1) is 0 Å². The summed E-state index contributed by atoms with van der Waals surface area (Å²) in [6.07, 6.45) is 2.15. The summed E-state index contributed by atoms with van der Waals surface area (Å²) in [6, 6.07) is 57.6. The topological polar surface area (TPSA) is 0 Å². The summed E-state index contributed by atoms with van der Waals surface area (Å²) in [4.78, 5) is 0. The molecule has 0 aromatic heterocycles. The third-order valence-corrected chi connectivity index (χ3v) is 8.58. The van der Waals surface area contributed by atoms with E-state index < -0.39 is 0 Å². The molecule has 0 saturated carbocycles. The van der Waals surface area contributed by atoms with Crippen LogP contribution in [0.1, 0.15) is 16.7 Å². The first-order valence-corrected chi connectivity index (χ1v) is 16.7. The van der Waals surface area contributed by atoms with Crippen LogP contribution in [0.3, 0.4) is 0 Å². The van der Waals surface area contributed by atoms with Gasteiger partial charge in [0, 0.05) is 22.3 Å². The molecule has 0 unspecified atom stereocenters. The molecule has 0 heterocycles. The fourth-order valence-corrected chi connectivity index (χ4v) is 6.60. The predicted molar refractivity (Wildman–Crippen MR) is 204 cm³/mol. The second-order valence-electron chi connectivity index (χ2n) is 11.0. The van der Waals surface area contributed by atoms with Crippen LogP contribution < -0.4 is 0 Å². The molecule has 0 nitrogen and oxygen atoms in total. The Morgan fingerprint density at radius 1 is 0.413 bits per heavy atom. The summed E-state index contributed by atoms with van der Waals surface area (Å²) < 4.78 is 0.844. The lowest BCUT2D eigenvalue weighted by atomic mass is 9.77. The molecule has 0 amide bonds. The van der Waals surface area contributed by atoms with Crippen LogP contribution in [0.2, 0.25) is 0 Å². The minimum atomic E-state index is 0.844. The Labute approximate surface area is 287 Å². The highest BCUT2D eigenvalue weighted by Gasteiger charge is 2.26. The second kappa shape index (κ2) is 13.6. The largest absolute Gasteiger partial charge is 0.0622 e. The van der Waals surface area contributed by atoms with Crippen molar-refractivity contribution in [2.75, 3.05) is 0 Å². The van der Waals surface area contributed by atoms with Crippen molar-refractivity contribution in [3.63, 3.8) is 0 Å². The normalized spacial score (nSPS) is 10.7. The molecular weight excluding hydrogens is 688 g/mol. The molecule has 46 heavy (non-hydrogen) atoms. The Hall–Kier alpha value is -4.94. The predicted octanol–water partition coefficient (Wildman–Crippen LogP) is 13.0. The average Bonchev–Trinajstić information content (AvgIpc) is 3.11. The number of halogens is 2. The zero-order chi connectivity index (χ0) is 31.3. The van der Waals surface area contributed by atoms with Gasteiger partial charge in [-0.25, -0.2) is 0 Å². The van der Waals surface area contributed by atoms with Gasteiger partial charge in [-0.2, -0.15) is 0 Å². The molecule has 0 atom stereocenters. The van der Waals surface area contributed by atoms with Gasteiger partial charge in [0.1, 0.15) is 0 Å². The minimum absolute atomic E-state index is 0.844. The fraction of sp³-hybridized carbons (Fsp3) is 0. The minimum Gasteiger partial charge on any atom is -0.0622 e. The van der Waals surface area contributed by atoms with Crippen LogP contribution in [0.5, 0.6) is 0 Å². The van der Waals surface area contributed by atoms with E-state index in [0.29, 0.717) is 0 Å². The molecule has 7 aromatic rings. The number of rotatable bonds is 5. The molecule has 0 aliphatic rings. The van der Waals surface area contributed by atoms with Crippen LogP contribution in [0.15, 0.2) is 167 Å². The zero-order valence-electron chi connectivity index (χ0n) is 24.9. The molecule has 0 radical (unpaired) electrons. The Morgan fingerprint density at radius 3 is 1.37 bits per heavy atom. The first kappa shape index (κ1) is 29.8. The van der Waals surface area contributed by atoms with E-state index in [2.05, 4.69) is 214 Å². The summed E-state index contributed by atoms with van der Waals surface area (Å²) in [7, 11) is 0. The molecule has 0 fully saturated rings. The van der Waals surface area contributed by atoms with Gasteiger partial charge in [-0.05, 0) is 99.8 Å². The number of hydrogen-bond donors (Lipinski definition) is 0. The smallest absolute Gasteiger partial charge is 0.0610 e. The van der Waals surface area contributed by atoms with Crippen molar-refractivity contribution in [1.82, 2.24) is 0 Å². The van der Waals surface area contributed by atoms with Crippen molar-refractivity contribution in [2.24, 2.45) is 0 Å². The van der Waals surface area contributed by atoms with Crippen molar-refractivity contribution < 1.29 is 0 Å². The highest BCUT2D eigenvalue weighted by atomic mass is 79.9. The Balaban J connectivity index is 1.69.